The van der Waals surface area contributed by atoms with Gasteiger partial charge in [-0.1, -0.05) is 11.6 Å². The van der Waals surface area contributed by atoms with Gasteiger partial charge in [-0.2, -0.15) is 0 Å². The minimum absolute atomic E-state index is 0.143. The molecular formula is C11H10ClN3O6. The maximum atomic E-state index is 11.7. The number of primary amides is 1. The van der Waals surface area contributed by atoms with Crippen LogP contribution in [0.4, 0.5) is 10.5 Å². The number of nitro groups is 1. The summed E-state index contributed by atoms with van der Waals surface area (Å²) in [6.45, 7) is 1.21. The minimum atomic E-state index is -1.31. The second-order valence-corrected chi connectivity index (χ2v) is 4.23. The molecule has 0 saturated carbocycles. The van der Waals surface area contributed by atoms with E-state index in [4.69, 9.17) is 22.1 Å². The highest BCUT2D eigenvalue weighted by molar-refractivity contribution is 6.32. The van der Waals surface area contributed by atoms with Gasteiger partial charge in [-0.3, -0.25) is 20.2 Å². The van der Waals surface area contributed by atoms with Crippen LogP contribution in [0.1, 0.15) is 17.3 Å². The Labute approximate surface area is 123 Å². The van der Waals surface area contributed by atoms with E-state index in [1.807, 2.05) is 0 Å². The Morgan fingerprint density at radius 3 is 2.57 bits per heavy atom. The lowest BCUT2D eigenvalue weighted by Gasteiger charge is -2.11. The number of rotatable bonds is 4. The molecule has 1 atom stereocenters. The van der Waals surface area contributed by atoms with E-state index >= 15 is 0 Å². The summed E-state index contributed by atoms with van der Waals surface area (Å²) >= 11 is 5.60. The van der Waals surface area contributed by atoms with Gasteiger partial charge in [0.15, 0.2) is 6.10 Å². The number of nitrogens with two attached hydrogens (primary N) is 1. The Morgan fingerprint density at radius 1 is 1.43 bits per heavy atom. The number of carbonyl (C=O) groups excluding carboxylic acids is 3. The van der Waals surface area contributed by atoms with Crippen molar-refractivity contribution < 1.29 is 24.0 Å². The first-order valence-electron chi connectivity index (χ1n) is 5.47. The zero-order valence-corrected chi connectivity index (χ0v) is 11.4. The Balaban J connectivity index is 2.85. The number of urea groups is 1. The number of esters is 1. The van der Waals surface area contributed by atoms with Crippen LogP contribution >= 0.6 is 11.6 Å². The van der Waals surface area contributed by atoms with Crippen molar-refractivity contribution in [1.29, 1.82) is 0 Å². The van der Waals surface area contributed by atoms with Crippen LogP contribution in [-0.4, -0.2) is 28.9 Å². The summed E-state index contributed by atoms with van der Waals surface area (Å²) in [5.74, 6) is -1.90. The number of hydrogen-bond acceptors (Lipinski definition) is 6. The van der Waals surface area contributed by atoms with Crippen LogP contribution in [0.15, 0.2) is 18.2 Å². The molecule has 0 bridgehead atoms. The number of carbonyl (C=O) groups is 3. The molecule has 1 aromatic carbocycles. The average Bonchev–Trinajstić information content (AvgIpc) is 2.37. The smallest absolute Gasteiger partial charge is 0.339 e. The fourth-order valence-corrected chi connectivity index (χ4v) is 1.47. The summed E-state index contributed by atoms with van der Waals surface area (Å²) in [4.78, 5) is 43.5. The van der Waals surface area contributed by atoms with Crippen molar-refractivity contribution in [2.45, 2.75) is 13.0 Å². The second kappa shape index (κ2) is 6.66. The number of benzene rings is 1. The van der Waals surface area contributed by atoms with Gasteiger partial charge in [0.1, 0.15) is 5.02 Å². The molecule has 0 saturated heterocycles. The lowest BCUT2D eigenvalue weighted by Crippen LogP contribution is -2.42. The molecular weight excluding hydrogens is 306 g/mol. The topological polar surface area (TPSA) is 142 Å². The predicted octanol–water partition coefficient (Wildman–Crippen LogP) is 0.988. The summed E-state index contributed by atoms with van der Waals surface area (Å²) in [6.07, 6.45) is -1.31. The molecule has 3 amide bonds. The van der Waals surface area contributed by atoms with E-state index in [9.17, 15) is 24.5 Å². The molecule has 0 unspecified atom stereocenters. The Hall–Kier alpha value is -2.68. The van der Waals surface area contributed by atoms with Gasteiger partial charge in [0.05, 0.1) is 10.5 Å². The molecule has 0 aliphatic rings. The number of nitrogens with zero attached hydrogens (tertiary/aromatic N) is 1. The van der Waals surface area contributed by atoms with Gasteiger partial charge in [0, 0.05) is 6.07 Å². The number of amides is 3. The highest BCUT2D eigenvalue weighted by Crippen LogP contribution is 2.25. The molecule has 0 radical (unpaired) electrons. The highest BCUT2D eigenvalue weighted by Gasteiger charge is 2.22. The largest absolute Gasteiger partial charge is 0.449 e. The van der Waals surface area contributed by atoms with Crippen molar-refractivity contribution in [3.63, 3.8) is 0 Å². The summed E-state index contributed by atoms with van der Waals surface area (Å²) in [7, 11) is 0. The lowest BCUT2D eigenvalue weighted by molar-refractivity contribution is -0.384. The Bertz CT molecular complexity index is 618. The molecule has 0 fully saturated rings. The van der Waals surface area contributed by atoms with Crippen LogP contribution in [-0.2, 0) is 9.53 Å². The zero-order chi connectivity index (χ0) is 16.2. The maximum absolute atomic E-state index is 11.7. The number of ether oxygens (including phenoxy) is 1. The SMILES string of the molecule is C[C@@H](OC(=O)c1ccc(Cl)c([N+](=O)[O-])c1)C(=O)NC(N)=O. The van der Waals surface area contributed by atoms with Gasteiger partial charge in [0.25, 0.3) is 11.6 Å². The summed E-state index contributed by atoms with van der Waals surface area (Å²) in [5, 5.41) is 12.3. The van der Waals surface area contributed by atoms with Crippen LogP contribution in [0.2, 0.25) is 5.02 Å². The van der Waals surface area contributed by atoms with Crippen molar-refractivity contribution in [3.8, 4) is 0 Å². The van der Waals surface area contributed by atoms with Gasteiger partial charge in [0.2, 0.25) is 0 Å². The molecule has 3 N–H and O–H groups in total. The van der Waals surface area contributed by atoms with Crippen LogP contribution in [0.25, 0.3) is 0 Å². The number of nitro benzene ring substituents is 1. The molecule has 0 aromatic heterocycles. The second-order valence-electron chi connectivity index (χ2n) is 3.82. The van der Waals surface area contributed by atoms with E-state index < -0.39 is 34.6 Å². The van der Waals surface area contributed by atoms with Gasteiger partial charge in [-0.15, -0.1) is 0 Å². The van der Waals surface area contributed by atoms with E-state index in [2.05, 4.69) is 0 Å². The monoisotopic (exact) mass is 315 g/mol. The molecule has 9 nitrogen and oxygen atoms in total. The van der Waals surface area contributed by atoms with Crippen LogP contribution in [0.5, 0.6) is 0 Å². The molecule has 112 valence electrons. The van der Waals surface area contributed by atoms with Gasteiger partial charge >= 0.3 is 12.0 Å². The fourth-order valence-electron chi connectivity index (χ4n) is 1.28. The average molecular weight is 316 g/mol. The third-order valence-electron chi connectivity index (χ3n) is 2.28. The number of hydrogen-bond donors (Lipinski definition) is 2. The third kappa shape index (κ3) is 4.42. The third-order valence-corrected chi connectivity index (χ3v) is 2.60. The highest BCUT2D eigenvalue weighted by atomic mass is 35.5. The van der Waals surface area contributed by atoms with E-state index in [1.165, 1.54) is 13.0 Å². The normalized spacial score (nSPS) is 11.3. The van der Waals surface area contributed by atoms with Crippen LogP contribution in [0.3, 0.4) is 0 Å². The molecule has 10 heteroatoms. The fraction of sp³-hybridized carbons (Fsp3) is 0.182. The number of nitrogens with one attached hydrogen (secondary N) is 1. The van der Waals surface area contributed by atoms with Crippen LogP contribution < -0.4 is 11.1 Å². The molecule has 21 heavy (non-hydrogen) atoms. The minimum Gasteiger partial charge on any atom is -0.449 e. The Morgan fingerprint density at radius 2 is 2.05 bits per heavy atom. The quantitative estimate of drug-likeness (QED) is 0.482. The number of imide groups is 1. The molecule has 0 heterocycles. The van der Waals surface area contributed by atoms with Crippen molar-refractivity contribution in [3.05, 3.63) is 38.9 Å². The van der Waals surface area contributed by atoms with E-state index in [0.717, 1.165) is 12.1 Å². The van der Waals surface area contributed by atoms with E-state index in [1.54, 1.807) is 5.32 Å². The van der Waals surface area contributed by atoms with Gasteiger partial charge < -0.3 is 10.5 Å². The molecule has 1 aromatic rings. The van der Waals surface area contributed by atoms with Gasteiger partial charge in [-0.25, -0.2) is 9.59 Å². The predicted molar refractivity (Wildman–Crippen MR) is 70.7 cm³/mol. The summed E-state index contributed by atoms with van der Waals surface area (Å²) in [5.41, 5.74) is 4.11. The van der Waals surface area contributed by atoms with E-state index in [0.29, 0.717) is 0 Å². The van der Waals surface area contributed by atoms with Crippen molar-refractivity contribution in [2.75, 3.05) is 0 Å². The molecule has 1 rings (SSSR count). The maximum Gasteiger partial charge on any atom is 0.339 e. The van der Waals surface area contributed by atoms with Gasteiger partial charge in [-0.05, 0) is 19.1 Å². The van der Waals surface area contributed by atoms with E-state index in [-0.39, 0.29) is 10.6 Å². The first-order chi connectivity index (χ1) is 9.72. The lowest BCUT2D eigenvalue weighted by atomic mass is 10.2. The van der Waals surface area contributed by atoms with Crippen molar-refractivity contribution in [2.24, 2.45) is 5.73 Å². The summed E-state index contributed by atoms with van der Waals surface area (Å²) < 4.78 is 4.75. The van der Waals surface area contributed by atoms with Crippen molar-refractivity contribution >= 4 is 35.2 Å². The first kappa shape index (κ1) is 16.4. The van der Waals surface area contributed by atoms with Crippen molar-refractivity contribution in [1.82, 2.24) is 5.32 Å². The summed E-state index contributed by atoms with van der Waals surface area (Å²) in [6, 6.07) is 2.19. The molecule has 0 aliphatic carbocycles. The standard InChI is InChI=1S/C11H10ClN3O6/c1-5(9(16)14-11(13)18)21-10(17)6-2-3-7(12)8(4-6)15(19)20/h2-5H,1H3,(H3,13,14,16,18)/t5-/m1/s1. The first-order valence-corrected chi connectivity index (χ1v) is 5.85. The Kier molecular flexibility index (Phi) is 5.19. The van der Waals surface area contributed by atoms with Crippen LogP contribution in [0, 0.1) is 10.1 Å². The zero-order valence-electron chi connectivity index (χ0n) is 10.7. The molecule has 0 aliphatic heterocycles. The number of halogens is 1. The molecule has 0 spiro atoms.